The molecule has 2 aromatic rings. The van der Waals surface area contributed by atoms with Crippen molar-refractivity contribution in [1.29, 1.82) is 0 Å². The van der Waals surface area contributed by atoms with Gasteiger partial charge in [0.2, 0.25) is 11.8 Å². The molecule has 1 aliphatic rings. The lowest BCUT2D eigenvalue weighted by atomic mass is 10.2. The largest absolute Gasteiger partial charge is 0.494 e. The minimum Gasteiger partial charge on any atom is -0.494 e. The van der Waals surface area contributed by atoms with Gasteiger partial charge in [-0.2, -0.15) is 0 Å². The summed E-state index contributed by atoms with van der Waals surface area (Å²) >= 11 is 0. The molecule has 2 amide bonds. The van der Waals surface area contributed by atoms with E-state index in [1.54, 1.807) is 35.2 Å². The number of amides is 2. The van der Waals surface area contributed by atoms with Crippen molar-refractivity contribution in [3.05, 3.63) is 59.9 Å². The third-order valence-corrected chi connectivity index (χ3v) is 4.12. The molecule has 1 heterocycles. The molecular weight excluding hydrogens is 335 g/mol. The summed E-state index contributed by atoms with van der Waals surface area (Å²) in [4.78, 5) is 25.5. The van der Waals surface area contributed by atoms with E-state index in [0.717, 1.165) is 18.7 Å². The standard InChI is InChI=1S/C20H19FN2O3/c1-26-18-10-4-14(13-17(18)21)5-11-19(24)22-15-6-8-16(9-7-15)23-12-2-3-20(23)25/h4-11,13H,2-3,12H2,1H3,(H,22,24)/b11-5+. The monoisotopic (exact) mass is 354 g/mol. The maximum atomic E-state index is 13.6. The van der Waals surface area contributed by atoms with Crippen molar-refractivity contribution in [2.24, 2.45) is 0 Å². The van der Waals surface area contributed by atoms with E-state index < -0.39 is 5.82 Å². The number of carbonyl (C=O) groups excluding carboxylic acids is 2. The zero-order chi connectivity index (χ0) is 18.5. The maximum absolute atomic E-state index is 13.6. The second-order valence-electron chi connectivity index (χ2n) is 5.91. The predicted molar refractivity (Wildman–Crippen MR) is 98.6 cm³/mol. The van der Waals surface area contributed by atoms with Crippen LogP contribution in [0.5, 0.6) is 5.75 Å². The Morgan fingerprint density at radius 2 is 2.00 bits per heavy atom. The highest BCUT2D eigenvalue weighted by Gasteiger charge is 2.21. The summed E-state index contributed by atoms with van der Waals surface area (Å²) in [5.74, 6) is -0.534. The van der Waals surface area contributed by atoms with Crippen molar-refractivity contribution in [2.45, 2.75) is 12.8 Å². The fourth-order valence-corrected chi connectivity index (χ4v) is 2.79. The molecule has 0 aliphatic carbocycles. The number of rotatable bonds is 5. The first-order chi connectivity index (χ1) is 12.6. The molecule has 1 N–H and O–H groups in total. The van der Waals surface area contributed by atoms with Crippen molar-refractivity contribution in [1.82, 2.24) is 0 Å². The summed E-state index contributed by atoms with van der Waals surface area (Å²) in [6.45, 7) is 0.728. The number of anilines is 2. The van der Waals surface area contributed by atoms with Crippen molar-refractivity contribution < 1.29 is 18.7 Å². The van der Waals surface area contributed by atoms with Crippen LogP contribution in [0.25, 0.3) is 6.08 Å². The van der Waals surface area contributed by atoms with E-state index in [9.17, 15) is 14.0 Å². The summed E-state index contributed by atoms with van der Waals surface area (Å²) in [7, 11) is 1.40. The molecule has 0 radical (unpaired) electrons. The molecule has 0 aromatic heterocycles. The second kappa shape index (κ2) is 7.82. The highest BCUT2D eigenvalue weighted by atomic mass is 19.1. The molecule has 0 atom stereocenters. The molecule has 1 fully saturated rings. The van der Waals surface area contributed by atoms with Gasteiger partial charge in [-0.3, -0.25) is 9.59 Å². The lowest BCUT2D eigenvalue weighted by Crippen LogP contribution is -2.23. The van der Waals surface area contributed by atoms with Crippen LogP contribution in [-0.4, -0.2) is 25.5 Å². The second-order valence-corrected chi connectivity index (χ2v) is 5.91. The molecule has 2 aromatic carbocycles. The maximum Gasteiger partial charge on any atom is 0.248 e. The van der Waals surface area contributed by atoms with Gasteiger partial charge in [-0.15, -0.1) is 0 Å². The van der Waals surface area contributed by atoms with Gasteiger partial charge in [0.15, 0.2) is 11.6 Å². The average molecular weight is 354 g/mol. The van der Waals surface area contributed by atoms with E-state index in [1.807, 2.05) is 0 Å². The molecule has 0 bridgehead atoms. The number of ether oxygens (including phenoxy) is 1. The Kier molecular flexibility index (Phi) is 5.31. The van der Waals surface area contributed by atoms with Crippen LogP contribution in [0, 0.1) is 5.82 Å². The van der Waals surface area contributed by atoms with Crippen molar-refractivity contribution in [2.75, 3.05) is 23.9 Å². The molecule has 26 heavy (non-hydrogen) atoms. The van der Waals surface area contributed by atoms with Gasteiger partial charge in [-0.1, -0.05) is 6.07 Å². The lowest BCUT2D eigenvalue weighted by molar-refractivity contribution is -0.117. The van der Waals surface area contributed by atoms with Gasteiger partial charge in [-0.25, -0.2) is 4.39 Å². The molecule has 5 nitrogen and oxygen atoms in total. The van der Waals surface area contributed by atoms with E-state index in [-0.39, 0.29) is 17.6 Å². The number of benzene rings is 2. The van der Waals surface area contributed by atoms with Crippen LogP contribution in [0.4, 0.5) is 15.8 Å². The van der Waals surface area contributed by atoms with Gasteiger partial charge in [0.05, 0.1) is 7.11 Å². The van der Waals surface area contributed by atoms with Gasteiger partial charge < -0.3 is 15.0 Å². The molecule has 0 saturated carbocycles. The Morgan fingerprint density at radius 3 is 2.62 bits per heavy atom. The van der Waals surface area contributed by atoms with Crippen LogP contribution in [-0.2, 0) is 9.59 Å². The normalized spacial score (nSPS) is 14.1. The van der Waals surface area contributed by atoms with Crippen LogP contribution in [0.2, 0.25) is 0 Å². The van der Waals surface area contributed by atoms with Crippen LogP contribution in [0.1, 0.15) is 18.4 Å². The summed E-state index contributed by atoms with van der Waals surface area (Å²) in [6.07, 6.45) is 4.30. The van der Waals surface area contributed by atoms with Crippen LogP contribution >= 0.6 is 0 Å². The fourth-order valence-electron chi connectivity index (χ4n) is 2.79. The molecule has 0 spiro atoms. The van der Waals surface area contributed by atoms with Gasteiger partial charge in [-0.05, 0) is 54.5 Å². The molecule has 0 unspecified atom stereocenters. The molecule has 3 rings (SSSR count). The summed E-state index contributed by atoms with van der Waals surface area (Å²) in [6, 6.07) is 11.6. The first-order valence-electron chi connectivity index (χ1n) is 8.30. The van der Waals surface area contributed by atoms with E-state index in [0.29, 0.717) is 17.7 Å². The fraction of sp³-hybridized carbons (Fsp3) is 0.200. The quantitative estimate of drug-likeness (QED) is 0.835. The number of hydrogen-bond donors (Lipinski definition) is 1. The Balaban J connectivity index is 1.61. The Morgan fingerprint density at radius 1 is 1.23 bits per heavy atom. The van der Waals surface area contributed by atoms with Gasteiger partial charge in [0.25, 0.3) is 0 Å². The van der Waals surface area contributed by atoms with E-state index in [4.69, 9.17) is 4.74 Å². The molecule has 1 aliphatic heterocycles. The third kappa shape index (κ3) is 4.08. The number of nitrogens with zero attached hydrogens (tertiary/aromatic N) is 1. The number of carbonyl (C=O) groups is 2. The number of nitrogens with one attached hydrogen (secondary N) is 1. The van der Waals surface area contributed by atoms with E-state index >= 15 is 0 Å². The van der Waals surface area contributed by atoms with E-state index in [2.05, 4.69) is 5.32 Å². The minimum atomic E-state index is -0.484. The van der Waals surface area contributed by atoms with E-state index in [1.165, 1.54) is 31.4 Å². The highest BCUT2D eigenvalue weighted by Crippen LogP contribution is 2.23. The van der Waals surface area contributed by atoms with Crippen LogP contribution in [0.3, 0.4) is 0 Å². The van der Waals surface area contributed by atoms with Gasteiger partial charge in [0, 0.05) is 30.4 Å². The first-order valence-corrected chi connectivity index (χ1v) is 8.30. The van der Waals surface area contributed by atoms with Crippen molar-refractivity contribution in [3.63, 3.8) is 0 Å². The first kappa shape index (κ1) is 17.7. The Hall–Kier alpha value is -3.15. The smallest absolute Gasteiger partial charge is 0.248 e. The Labute approximate surface area is 151 Å². The molecule has 6 heteroatoms. The molecule has 1 saturated heterocycles. The van der Waals surface area contributed by atoms with Crippen molar-refractivity contribution in [3.8, 4) is 5.75 Å². The van der Waals surface area contributed by atoms with Crippen LogP contribution < -0.4 is 15.0 Å². The number of hydrogen-bond acceptors (Lipinski definition) is 3. The topological polar surface area (TPSA) is 58.6 Å². The predicted octanol–water partition coefficient (Wildman–Crippen LogP) is 3.61. The zero-order valence-corrected chi connectivity index (χ0v) is 14.4. The summed E-state index contributed by atoms with van der Waals surface area (Å²) in [5, 5.41) is 2.73. The Bertz CT molecular complexity index is 847. The number of halogens is 1. The highest BCUT2D eigenvalue weighted by molar-refractivity contribution is 6.02. The van der Waals surface area contributed by atoms with Crippen LogP contribution in [0.15, 0.2) is 48.5 Å². The van der Waals surface area contributed by atoms with Gasteiger partial charge in [0.1, 0.15) is 0 Å². The molecule has 134 valence electrons. The lowest BCUT2D eigenvalue weighted by Gasteiger charge is -2.15. The minimum absolute atomic E-state index is 0.122. The number of methoxy groups -OCH3 is 1. The SMILES string of the molecule is COc1ccc(/C=C/C(=O)Nc2ccc(N3CCCC3=O)cc2)cc1F. The van der Waals surface area contributed by atoms with Gasteiger partial charge >= 0.3 is 0 Å². The molecular formula is C20H19FN2O3. The zero-order valence-electron chi connectivity index (χ0n) is 14.4. The van der Waals surface area contributed by atoms with Crippen molar-refractivity contribution >= 4 is 29.3 Å². The summed E-state index contributed by atoms with van der Waals surface area (Å²) in [5.41, 5.74) is 2.01. The average Bonchev–Trinajstić information content (AvgIpc) is 3.07. The third-order valence-electron chi connectivity index (χ3n) is 4.12. The summed E-state index contributed by atoms with van der Waals surface area (Å²) < 4.78 is 18.5.